The van der Waals surface area contributed by atoms with Crippen molar-refractivity contribution in [2.75, 3.05) is 13.2 Å². The van der Waals surface area contributed by atoms with Crippen LogP contribution in [0.4, 0.5) is 0 Å². The first-order valence-corrected chi connectivity index (χ1v) is 3.93. The maximum absolute atomic E-state index is 8.55. The van der Waals surface area contributed by atoms with E-state index in [1.807, 2.05) is 0 Å². The van der Waals surface area contributed by atoms with Crippen molar-refractivity contribution in [3.05, 3.63) is 0 Å². The fourth-order valence-electron chi connectivity index (χ4n) is 0.295. The van der Waals surface area contributed by atoms with E-state index in [9.17, 15) is 0 Å². The van der Waals surface area contributed by atoms with Gasteiger partial charge in [0.25, 0.3) is 0 Å². The van der Waals surface area contributed by atoms with Gasteiger partial charge in [0, 0.05) is 6.42 Å². The molecule has 0 atom stereocenters. The average Bonchev–Trinajstić information content (AvgIpc) is 2.07. The Balaban J connectivity index is -0.0000000506. The predicted octanol–water partition coefficient (Wildman–Crippen LogP) is -11.5. The second-order valence-electron chi connectivity index (χ2n) is 1.44. The van der Waals surface area contributed by atoms with Crippen molar-refractivity contribution >= 4 is 7.82 Å². The molecule has 1 saturated heterocycles. The molecule has 0 aromatic carbocycles. The summed E-state index contributed by atoms with van der Waals surface area (Å²) in [6, 6.07) is 0. The van der Waals surface area contributed by atoms with Crippen molar-refractivity contribution in [2.45, 2.75) is 6.42 Å². The molecule has 6 nitrogen and oxygen atoms in total. The molecule has 1 aliphatic heterocycles. The maximum Gasteiger partial charge on any atom is 1.00 e. The Hall–Kier alpha value is 3.03. The van der Waals surface area contributed by atoms with Gasteiger partial charge in [-0.15, -0.1) is 0 Å². The number of phosphoric acid groups is 1. The summed E-state index contributed by atoms with van der Waals surface area (Å²) in [6.45, 7) is 1.56. The molecule has 62 valence electrons. The van der Waals surface area contributed by atoms with E-state index in [0.29, 0.717) is 0 Å². The van der Waals surface area contributed by atoms with Crippen LogP contribution in [0.3, 0.4) is 0 Å². The van der Waals surface area contributed by atoms with Crippen LogP contribution < -0.4 is 103 Å². The van der Waals surface area contributed by atoms with Gasteiger partial charge in [0.1, 0.15) is 0 Å². The topological polar surface area (TPSA) is 105 Å². The predicted molar refractivity (Wildman–Crippen MR) is 24.1 cm³/mol. The summed E-state index contributed by atoms with van der Waals surface area (Å²) in [7, 11) is -5.39. The minimum Gasteiger partial charge on any atom is -0.822 e. The second-order valence-corrected chi connectivity index (χ2v) is 2.34. The number of hydrogen-bond donors (Lipinski definition) is 0. The second kappa shape index (κ2) is 15.0. The van der Waals surface area contributed by atoms with Crippen molar-refractivity contribution in [1.82, 2.24) is 0 Å². The van der Waals surface area contributed by atoms with Gasteiger partial charge in [-0.3, -0.25) is 0 Å². The molecule has 0 bridgehead atoms. The van der Waals surface area contributed by atoms with Gasteiger partial charge in [0.2, 0.25) is 0 Å². The Morgan fingerprint density at radius 2 is 1.15 bits per heavy atom. The molecule has 13 heavy (non-hydrogen) atoms. The minimum atomic E-state index is -5.39. The first-order valence-electron chi connectivity index (χ1n) is 2.47. The Morgan fingerprint density at radius 1 is 0.923 bits per heavy atom. The molecule has 0 aliphatic carbocycles. The standard InChI is InChI=1S/C3H6O2.3Na.H3O4P/c1-2-4-5-3-1;;;;1-5(2,3)4/h1-3H2;;;;(H3,1,2,3,4)/q;3*+1;/p-3. The third-order valence-corrected chi connectivity index (χ3v) is 0.539. The molecule has 1 aliphatic rings. The van der Waals surface area contributed by atoms with Crippen LogP contribution in [0.1, 0.15) is 6.42 Å². The summed E-state index contributed by atoms with van der Waals surface area (Å²) in [6.07, 6.45) is 1.06. The van der Waals surface area contributed by atoms with Crippen LogP contribution in [0, 0.1) is 0 Å². The van der Waals surface area contributed by atoms with E-state index in [0.717, 1.165) is 19.6 Å². The van der Waals surface area contributed by atoms with Gasteiger partial charge in [-0.2, -0.15) is 7.82 Å². The first kappa shape index (κ1) is 25.0. The first-order chi connectivity index (χ1) is 4.50. The molecule has 0 radical (unpaired) electrons. The van der Waals surface area contributed by atoms with Gasteiger partial charge in [0.05, 0.1) is 13.2 Å². The van der Waals surface area contributed by atoms with E-state index in [4.69, 9.17) is 19.2 Å². The molecule has 1 heterocycles. The third-order valence-electron chi connectivity index (χ3n) is 0.539. The van der Waals surface area contributed by atoms with Crippen molar-refractivity contribution in [2.24, 2.45) is 0 Å². The van der Waals surface area contributed by atoms with E-state index in [-0.39, 0.29) is 88.7 Å². The van der Waals surface area contributed by atoms with Gasteiger partial charge in [-0.1, -0.05) is 0 Å². The molecular weight excluding hydrogens is 232 g/mol. The normalized spacial score (nSPS) is 13.8. The largest absolute Gasteiger partial charge is 1.00 e. The zero-order chi connectivity index (χ0) is 8.04. The van der Waals surface area contributed by atoms with Gasteiger partial charge in [0.15, 0.2) is 0 Å². The van der Waals surface area contributed by atoms with Crippen molar-refractivity contribution in [3.63, 3.8) is 0 Å². The van der Waals surface area contributed by atoms with Crippen LogP contribution in [0.25, 0.3) is 0 Å². The van der Waals surface area contributed by atoms with Gasteiger partial charge >= 0.3 is 88.7 Å². The molecule has 0 aromatic heterocycles. The smallest absolute Gasteiger partial charge is 0.822 e. The van der Waals surface area contributed by atoms with Crippen LogP contribution in [-0.2, 0) is 14.3 Å². The van der Waals surface area contributed by atoms with Crippen LogP contribution in [0.5, 0.6) is 0 Å². The van der Waals surface area contributed by atoms with Crippen LogP contribution in [-0.4, -0.2) is 13.2 Å². The summed E-state index contributed by atoms with van der Waals surface area (Å²) in [5.74, 6) is 0. The van der Waals surface area contributed by atoms with Crippen molar-refractivity contribution in [3.8, 4) is 0 Å². The molecule has 0 amide bonds. The Morgan fingerprint density at radius 3 is 1.23 bits per heavy atom. The van der Waals surface area contributed by atoms with Gasteiger partial charge in [-0.05, 0) is 0 Å². The van der Waals surface area contributed by atoms with E-state index in [1.165, 1.54) is 0 Å². The molecular formula is C3H6Na3O6P. The quantitative estimate of drug-likeness (QED) is 0.236. The molecule has 1 rings (SSSR count). The fourth-order valence-corrected chi connectivity index (χ4v) is 0.295. The molecule has 1 fully saturated rings. The molecule has 0 spiro atoms. The van der Waals surface area contributed by atoms with Crippen molar-refractivity contribution < 1.29 is 118 Å². The van der Waals surface area contributed by atoms with E-state index < -0.39 is 7.82 Å². The Bertz CT molecular complexity index is 108. The third kappa shape index (κ3) is 39.6. The van der Waals surface area contributed by atoms with Crippen LogP contribution >= 0.6 is 7.82 Å². The zero-order valence-corrected chi connectivity index (χ0v) is 14.9. The average molecular weight is 238 g/mol. The number of hydrogen-bond acceptors (Lipinski definition) is 6. The van der Waals surface area contributed by atoms with Gasteiger partial charge in [-0.25, -0.2) is 9.78 Å². The van der Waals surface area contributed by atoms with E-state index in [2.05, 4.69) is 9.78 Å². The maximum atomic E-state index is 8.55. The SMILES string of the molecule is C1COOC1.O=P([O-])([O-])[O-].[Na+].[Na+].[Na+]. The molecule has 0 unspecified atom stereocenters. The monoisotopic (exact) mass is 238 g/mol. The van der Waals surface area contributed by atoms with Crippen molar-refractivity contribution in [1.29, 1.82) is 0 Å². The summed E-state index contributed by atoms with van der Waals surface area (Å²) < 4.78 is 8.55. The summed E-state index contributed by atoms with van der Waals surface area (Å²) in [4.78, 5) is 34.5. The molecule has 0 saturated carbocycles. The van der Waals surface area contributed by atoms with E-state index in [1.54, 1.807) is 0 Å². The summed E-state index contributed by atoms with van der Waals surface area (Å²) in [5.41, 5.74) is 0. The summed E-state index contributed by atoms with van der Waals surface area (Å²) in [5, 5.41) is 0. The Kier molecular flexibility index (Phi) is 28.9. The Labute approximate surface area is 143 Å². The molecule has 0 N–H and O–H groups in total. The van der Waals surface area contributed by atoms with E-state index >= 15 is 0 Å². The van der Waals surface area contributed by atoms with Crippen LogP contribution in [0.15, 0.2) is 0 Å². The fraction of sp³-hybridized carbons (Fsp3) is 1.00. The minimum absolute atomic E-state index is 0. The van der Waals surface area contributed by atoms with Crippen LogP contribution in [0.2, 0.25) is 0 Å². The molecule has 0 aromatic rings. The summed E-state index contributed by atoms with van der Waals surface area (Å²) >= 11 is 0. The van der Waals surface area contributed by atoms with Gasteiger partial charge < -0.3 is 19.2 Å². The zero-order valence-electron chi connectivity index (χ0n) is 8.02. The molecule has 10 heteroatoms. The number of rotatable bonds is 0.